The fraction of sp³-hybridized carbons (Fsp3) is 0.480. The molecule has 0 fully saturated rings. The average molecular weight is 455 g/mol. The van der Waals surface area contributed by atoms with Gasteiger partial charge in [0.1, 0.15) is 12.4 Å². The number of hydrogen-bond acceptors (Lipinski definition) is 6. The Morgan fingerprint density at radius 3 is 2.70 bits per heavy atom. The molecule has 178 valence electrons. The number of likely N-dealkylation sites (N-methyl/N-ethyl adjacent to an activating group) is 1. The van der Waals surface area contributed by atoms with Crippen LogP contribution in [0.2, 0.25) is 0 Å². The van der Waals surface area contributed by atoms with E-state index in [1.807, 2.05) is 18.2 Å². The van der Waals surface area contributed by atoms with Crippen molar-refractivity contribution in [3.63, 3.8) is 0 Å². The molecule has 0 saturated carbocycles. The molecular formula is C25H34N4O4. The van der Waals surface area contributed by atoms with Gasteiger partial charge in [0.2, 0.25) is 5.91 Å². The molecule has 1 aliphatic rings. The molecule has 1 aliphatic heterocycles. The van der Waals surface area contributed by atoms with Gasteiger partial charge in [0.15, 0.2) is 0 Å². The Hall–Kier alpha value is -2.97. The topological polar surface area (TPSA) is 84.0 Å². The molecule has 1 aromatic carbocycles. The fourth-order valence-corrected chi connectivity index (χ4v) is 4.05. The molecule has 2 amide bonds. The van der Waals surface area contributed by atoms with Crippen LogP contribution in [0.3, 0.4) is 0 Å². The summed E-state index contributed by atoms with van der Waals surface area (Å²) in [6.07, 6.45) is 1.66. The molecule has 3 atom stereocenters. The van der Waals surface area contributed by atoms with E-state index in [9.17, 15) is 9.59 Å². The first-order valence-electron chi connectivity index (χ1n) is 11.2. The van der Waals surface area contributed by atoms with Crippen molar-refractivity contribution in [1.29, 1.82) is 0 Å². The highest BCUT2D eigenvalue weighted by Gasteiger charge is 2.28. The van der Waals surface area contributed by atoms with E-state index in [0.29, 0.717) is 36.7 Å². The Morgan fingerprint density at radius 2 is 2.03 bits per heavy atom. The minimum Gasteiger partial charge on any atom is -0.491 e. The SMILES string of the molecule is CO[C@@H]1CN(C)C(=O)c2cc(NC(C)=O)ccc2OC[C@H](C)N(Cc2ccccn2)C[C@H]1C. The molecule has 2 heterocycles. The number of ether oxygens (including phenoxy) is 2. The molecule has 1 aromatic heterocycles. The number of methoxy groups -OCH3 is 1. The van der Waals surface area contributed by atoms with Crippen molar-refractivity contribution in [2.24, 2.45) is 5.92 Å². The lowest BCUT2D eigenvalue weighted by Crippen LogP contribution is -2.46. The van der Waals surface area contributed by atoms with Crippen molar-refractivity contribution in [3.05, 3.63) is 53.9 Å². The van der Waals surface area contributed by atoms with E-state index < -0.39 is 0 Å². The van der Waals surface area contributed by atoms with Gasteiger partial charge in [0.05, 0.1) is 17.4 Å². The zero-order chi connectivity index (χ0) is 24.0. The van der Waals surface area contributed by atoms with E-state index in [1.54, 1.807) is 43.5 Å². The number of nitrogens with one attached hydrogen (secondary N) is 1. The summed E-state index contributed by atoms with van der Waals surface area (Å²) in [5, 5.41) is 2.74. The summed E-state index contributed by atoms with van der Waals surface area (Å²) in [5.74, 6) is 0.288. The second-order valence-corrected chi connectivity index (χ2v) is 8.74. The Balaban J connectivity index is 1.94. The first-order chi connectivity index (χ1) is 15.8. The third-order valence-electron chi connectivity index (χ3n) is 5.99. The molecule has 0 spiro atoms. The van der Waals surface area contributed by atoms with Crippen molar-refractivity contribution in [3.8, 4) is 5.75 Å². The molecule has 3 rings (SSSR count). The zero-order valence-electron chi connectivity index (χ0n) is 20.1. The van der Waals surface area contributed by atoms with Gasteiger partial charge in [-0.1, -0.05) is 13.0 Å². The normalized spacial score (nSPS) is 22.5. The van der Waals surface area contributed by atoms with Crippen molar-refractivity contribution >= 4 is 17.5 Å². The van der Waals surface area contributed by atoms with Gasteiger partial charge in [0.25, 0.3) is 5.91 Å². The number of carbonyl (C=O) groups excluding carboxylic acids is 2. The summed E-state index contributed by atoms with van der Waals surface area (Å²) in [7, 11) is 3.44. The summed E-state index contributed by atoms with van der Waals surface area (Å²) < 4.78 is 12.0. The van der Waals surface area contributed by atoms with Gasteiger partial charge in [-0.3, -0.25) is 19.5 Å². The second-order valence-electron chi connectivity index (χ2n) is 8.74. The average Bonchev–Trinajstić information content (AvgIpc) is 2.80. The maximum atomic E-state index is 13.3. The highest BCUT2D eigenvalue weighted by molar-refractivity contribution is 5.99. The standard InChI is InChI=1S/C25H34N4O4/c1-17-13-29(14-21-8-6-7-11-26-21)18(2)16-33-23-10-9-20(27-19(3)30)12-22(23)25(31)28(4)15-24(17)32-5/h6-12,17-18,24H,13-16H2,1-5H3,(H,27,30)/t17-,18+,24-/m1/s1. The van der Waals surface area contributed by atoms with Crippen LogP contribution in [0.25, 0.3) is 0 Å². The predicted molar refractivity (Wildman–Crippen MR) is 127 cm³/mol. The summed E-state index contributed by atoms with van der Waals surface area (Å²) in [6, 6.07) is 11.2. The van der Waals surface area contributed by atoms with Crippen LogP contribution in [0.4, 0.5) is 5.69 Å². The van der Waals surface area contributed by atoms with E-state index in [-0.39, 0.29) is 29.9 Å². The van der Waals surface area contributed by atoms with Crippen LogP contribution in [0.15, 0.2) is 42.6 Å². The number of rotatable bonds is 4. The molecule has 1 N–H and O–H groups in total. The number of anilines is 1. The van der Waals surface area contributed by atoms with Crippen LogP contribution in [0.1, 0.15) is 36.8 Å². The van der Waals surface area contributed by atoms with E-state index in [1.165, 1.54) is 6.92 Å². The van der Waals surface area contributed by atoms with Crippen LogP contribution < -0.4 is 10.1 Å². The van der Waals surface area contributed by atoms with Crippen LogP contribution in [-0.2, 0) is 16.1 Å². The molecule has 0 bridgehead atoms. The number of nitrogens with zero attached hydrogens (tertiary/aromatic N) is 3. The minimum atomic E-state index is -0.197. The summed E-state index contributed by atoms with van der Waals surface area (Å²) in [4.78, 5) is 33.3. The lowest BCUT2D eigenvalue weighted by Gasteiger charge is -2.35. The third kappa shape index (κ3) is 6.52. The molecule has 8 nitrogen and oxygen atoms in total. The Morgan fingerprint density at radius 1 is 1.24 bits per heavy atom. The van der Waals surface area contributed by atoms with Crippen LogP contribution in [0.5, 0.6) is 5.75 Å². The Bertz CT molecular complexity index is 953. The molecule has 0 unspecified atom stereocenters. The highest BCUT2D eigenvalue weighted by atomic mass is 16.5. The Labute approximate surface area is 195 Å². The van der Waals surface area contributed by atoms with Gasteiger partial charge in [0, 0.05) is 58.6 Å². The first kappa shape index (κ1) is 24.7. The first-order valence-corrected chi connectivity index (χ1v) is 11.2. The molecule has 8 heteroatoms. The predicted octanol–water partition coefficient (Wildman–Crippen LogP) is 3.05. The van der Waals surface area contributed by atoms with Crippen molar-refractivity contribution in [2.75, 3.05) is 39.2 Å². The number of benzene rings is 1. The van der Waals surface area contributed by atoms with Crippen molar-refractivity contribution in [1.82, 2.24) is 14.8 Å². The van der Waals surface area contributed by atoms with Crippen molar-refractivity contribution < 1.29 is 19.1 Å². The van der Waals surface area contributed by atoms with E-state index >= 15 is 0 Å². The smallest absolute Gasteiger partial charge is 0.257 e. The minimum absolute atomic E-state index is 0.0714. The van der Waals surface area contributed by atoms with Gasteiger partial charge in [-0.2, -0.15) is 0 Å². The second kappa shape index (κ2) is 11.2. The molecular weight excluding hydrogens is 420 g/mol. The number of hydrogen-bond donors (Lipinski definition) is 1. The van der Waals surface area contributed by atoms with E-state index in [0.717, 1.165) is 12.2 Å². The maximum Gasteiger partial charge on any atom is 0.257 e. The molecule has 0 radical (unpaired) electrons. The van der Waals surface area contributed by atoms with Gasteiger partial charge in [-0.25, -0.2) is 0 Å². The zero-order valence-corrected chi connectivity index (χ0v) is 20.1. The summed E-state index contributed by atoms with van der Waals surface area (Å²) in [5.41, 5.74) is 1.96. The number of fused-ring (bicyclic) bond motifs is 1. The van der Waals surface area contributed by atoms with Crippen LogP contribution in [-0.4, -0.2) is 72.6 Å². The number of amides is 2. The Kier molecular flexibility index (Phi) is 8.41. The monoisotopic (exact) mass is 454 g/mol. The number of pyridine rings is 1. The van der Waals surface area contributed by atoms with Gasteiger partial charge in [-0.05, 0) is 43.2 Å². The molecule has 33 heavy (non-hydrogen) atoms. The lowest BCUT2D eigenvalue weighted by atomic mass is 10.0. The summed E-state index contributed by atoms with van der Waals surface area (Å²) >= 11 is 0. The van der Waals surface area contributed by atoms with Gasteiger partial charge in [-0.15, -0.1) is 0 Å². The van der Waals surface area contributed by atoms with E-state index in [4.69, 9.17) is 9.47 Å². The summed E-state index contributed by atoms with van der Waals surface area (Å²) in [6.45, 7) is 7.99. The molecule has 0 saturated heterocycles. The lowest BCUT2D eigenvalue weighted by molar-refractivity contribution is -0.114. The van der Waals surface area contributed by atoms with Gasteiger partial charge < -0.3 is 19.7 Å². The highest BCUT2D eigenvalue weighted by Crippen LogP contribution is 2.26. The third-order valence-corrected chi connectivity index (χ3v) is 5.99. The quantitative estimate of drug-likeness (QED) is 0.765. The van der Waals surface area contributed by atoms with Crippen LogP contribution >= 0.6 is 0 Å². The maximum absolute atomic E-state index is 13.3. The number of aromatic nitrogens is 1. The van der Waals surface area contributed by atoms with Crippen molar-refractivity contribution in [2.45, 2.75) is 39.5 Å². The fourth-order valence-electron chi connectivity index (χ4n) is 4.05. The van der Waals surface area contributed by atoms with Gasteiger partial charge >= 0.3 is 0 Å². The molecule has 0 aliphatic carbocycles. The molecule has 2 aromatic rings. The number of carbonyl (C=O) groups is 2. The van der Waals surface area contributed by atoms with E-state index in [2.05, 4.69) is 29.0 Å². The largest absolute Gasteiger partial charge is 0.491 e. The van der Waals surface area contributed by atoms with Crippen LogP contribution in [0, 0.1) is 5.92 Å².